The highest BCUT2D eigenvalue weighted by Crippen LogP contribution is 2.13. The van der Waals surface area contributed by atoms with Crippen LogP contribution in [0.1, 0.15) is 19.8 Å². The average Bonchev–Trinajstić information content (AvgIpc) is 2.05. The van der Waals surface area contributed by atoms with Crippen LogP contribution in [0.25, 0.3) is 0 Å². The van der Waals surface area contributed by atoms with Crippen LogP contribution in [0, 0.1) is 5.92 Å². The number of hydrogen-bond acceptors (Lipinski definition) is 3. The van der Waals surface area contributed by atoms with E-state index in [1.807, 2.05) is 0 Å². The molecule has 0 saturated heterocycles. The van der Waals surface area contributed by atoms with E-state index in [1.54, 1.807) is 0 Å². The zero-order valence-electron chi connectivity index (χ0n) is 6.72. The first-order valence-electron chi connectivity index (χ1n) is 3.68. The van der Waals surface area contributed by atoms with Gasteiger partial charge in [0.05, 0.1) is 12.3 Å². The topological polar surface area (TPSA) is 51.2 Å². The zero-order valence-corrected chi connectivity index (χ0v) is 7.72. The summed E-state index contributed by atoms with van der Waals surface area (Å²) in [5.41, 5.74) is 0. The van der Waals surface area contributed by atoms with Crippen LogP contribution in [0.15, 0.2) is 0 Å². The van der Waals surface area contributed by atoms with Crippen molar-refractivity contribution in [2.24, 2.45) is 5.92 Å². The van der Waals surface area contributed by atoms with Crippen molar-refractivity contribution in [2.75, 3.05) is 0 Å². The van der Waals surface area contributed by atoms with Gasteiger partial charge in [-0.05, 0) is 6.92 Å². The van der Waals surface area contributed by atoms with Crippen LogP contribution in [-0.4, -0.2) is 22.6 Å². The van der Waals surface area contributed by atoms with Gasteiger partial charge in [0.25, 0.3) is 0 Å². The Balaban J connectivity index is 2.95. The first kappa shape index (κ1) is 9.27. The second kappa shape index (κ2) is 3.28. The number of carbonyl (C=O) groups is 3. The van der Waals surface area contributed by atoms with E-state index in [1.165, 1.54) is 6.92 Å². The van der Waals surface area contributed by atoms with Gasteiger partial charge in [-0.1, -0.05) is 0 Å². The Kier molecular flexibility index (Phi) is 2.53. The van der Waals surface area contributed by atoms with E-state index in [2.05, 4.69) is 8.86 Å². The fourth-order valence-corrected chi connectivity index (χ4v) is 1.52. The van der Waals surface area contributed by atoms with Crippen LogP contribution in [0.3, 0.4) is 0 Å². The molecule has 0 radical (unpaired) electrons. The quantitative estimate of drug-likeness (QED) is 0.312. The summed E-state index contributed by atoms with van der Waals surface area (Å²) in [6.07, 6.45) is -0.0489. The summed E-state index contributed by atoms with van der Waals surface area (Å²) >= 11 is 0. The molecule has 12 heavy (non-hydrogen) atoms. The smallest absolute Gasteiger partial charge is 0.173 e. The van der Waals surface area contributed by atoms with Gasteiger partial charge in [-0.3, -0.25) is 14.4 Å². The van der Waals surface area contributed by atoms with Gasteiger partial charge in [0.1, 0.15) is 5.78 Å². The predicted molar refractivity (Wildman–Crippen MR) is 46.7 cm³/mol. The Morgan fingerprint density at radius 2 is 1.83 bits per heavy atom. The van der Waals surface area contributed by atoms with Crippen LogP contribution >= 0.6 is 8.86 Å². The van der Waals surface area contributed by atoms with Crippen molar-refractivity contribution >= 4 is 31.5 Å². The summed E-state index contributed by atoms with van der Waals surface area (Å²) in [5, 5.41) is 0.318. The molecule has 0 aromatic carbocycles. The molecule has 0 N–H and O–H groups in total. The molecule has 1 aliphatic carbocycles. The van der Waals surface area contributed by atoms with Crippen LogP contribution in [0.4, 0.5) is 0 Å². The fourth-order valence-electron chi connectivity index (χ4n) is 1.10. The Bertz CT molecular complexity index is 280. The van der Waals surface area contributed by atoms with E-state index < -0.39 is 5.92 Å². The number of hydrogen-bond donors (Lipinski definition) is 0. The standard InChI is InChI=1S/C8H9O3P/c1-4-6(10)2-5(9)3-7(12)8(4)11/h4,12H,2-3H2,1H3. The molecule has 1 aliphatic rings. The summed E-state index contributed by atoms with van der Waals surface area (Å²) in [4.78, 5) is 33.3. The van der Waals surface area contributed by atoms with Gasteiger partial charge in [-0.15, -0.1) is 8.86 Å². The van der Waals surface area contributed by atoms with Crippen LogP contribution in [0.5, 0.6) is 0 Å². The lowest BCUT2D eigenvalue weighted by atomic mass is 10.0. The molecule has 1 saturated carbocycles. The molecule has 0 aromatic heterocycles. The first-order valence-corrected chi connectivity index (χ1v) is 4.18. The first-order chi connectivity index (χ1) is 5.52. The normalized spacial score (nSPS) is 25.9. The van der Waals surface area contributed by atoms with E-state index in [0.29, 0.717) is 5.29 Å². The summed E-state index contributed by atoms with van der Waals surface area (Å²) in [5.74, 6) is -1.40. The van der Waals surface area contributed by atoms with Gasteiger partial charge < -0.3 is 0 Å². The SMILES string of the molecule is CC1C(=O)CC(=O)CC(=P)C1=O. The van der Waals surface area contributed by atoms with Crippen molar-refractivity contribution in [3.63, 3.8) is 0 Å². The molecular weight excluding hydrogens is 175 g/mol. The number of Topliss-reactive ketones (excluding diaryl/α,β-unsaturated/α-hetero) is 3. The number of carbonyl (C=O) groups excluding carboxylic acids is 3. The Morgan fingerprint density at radius 3 is 2.42 bits per heavy atom. The van der Waals surface area contributed by atoms with Crippen molar-refractivity contribution in [3.05, 3.63) is 0 Å². The summed E-state index contributed by atoms with van der Waals surface area (Å²) < 4.78 is 0. The van der Waals surface area contributed by atoms with Gasteiger partial charge in [0.15, 0.2) is 11.6 Å². The van der Waals surface area contributed by atoms with E-state index in [0.717, 1.165) is 0 Å². The molecule has 1 fully saturated rings. The highest BCUT2D eigenvalue weighted by atomic mass is 31.0. The van der Waals surface area contributed by atoms with E-state index in [4.69, 9.17) is 0 Å². The number of ketones is 3. The average molecular weight is 184 g/mol. The molecule has 3 nitrogen and oxygen atoms in total. The third kappa shape index (κ3) is 1.67. The molecule has 0 bridgehead atoms. The Hall–Kier alpha value is -0.820. The molecule has 64 valence electrons. The predicted octanol–water partition coefficient (Wildman–Crippen LogP) is 0.439. The second-order valence-electron chi connectivity index (χ2n) is 2.92. The molecule has 1 atom stereocenters. The molecule has 0 heterocycles. The van der Waals surface area contributed by atoms with Gasteiger partial charge in [-0.25, -0.2) is 0 Å². The van der Waals surface area contributed by atoms with Gasteiger partial charge >= 0.3 is 0 Å². The lowest BCUT2D eigenvalue weighted by Gasteiger charge is -2.02. The van der Waals surface area contributed by atoms with Crippen molar-refractivity contribution in [2.45, 2.75) is 19.8 Å². The lowest BCUT2D eigenvalue weighted by Crippen LogP contribution is -2.23. The van der Waals surface area contributed by atoms with Crippen LogP contribution in [-0.2, 0) is 14.4 Å². The molecule has 4 heteroatoms. The van der Waals surface area contributed by atoms with Crippen molar-refractivity contribution < 1.29 is 14.4 Å². The van der Waals surface area contributed by atoms with Gasteiger partial charge in [0, 0.05) is 11.7 Å². The number of rotatable bonds is 0. The summed E-state index contributed by atoms with van der Waals surface area (Å²) in [7, 11) is 3.06. The molecule has 0 aromatic rings. The summed E-state index contributed by atoms with van der Waals surface area (Å²) in [6, 6.07) is 0. The third-order valence-corrected chi connectivity index (χ3v) is 2.34. The highest BCUT2D eigenvalue weighted by Gasteiger charge is 2.30. The van der Waals surface area contributed by atoms with Crippen LogP contribution in [0.2, 0.25) is 0 Å². The minimum atomic E-state index is -0.663. The monoisotopic (exact) mass is 184 g/mol. The lowest BCUT2D eigenvalue weighted by molar-refractivity contribution is -0.130. The maximum absolute atomic E-state index is 11.2. The molecule has 0 aliphatic heterocycles. The molecular formula is C8H9O3P. The van der Waals surface area contributed by atoms with Crippen molar-refractivity contribution in [1.29, 1.82) is 0 Å². The maximum Gasteiger partial charge on any atom is 0.173 e. The second-order valence-corrected chi connectivity index (χ2v) is 3.53. The Morgan fingerprint density at radius 1 is 1.25 bits per heavy atom. The molecule has 1 rings (SSSR count). The van der Waals surface area contributed by atoms with Gasteiger partial charge in [-0.2, -0.15) is 0 Å². The zero-order chi connectivity index (χ0) is 9.30. The largest absolute Gasteiger partial charge is 0.299 e. The highest BCUT2D eigenvalue weighted by molar-refractivity contribution is 7.26. The molecule has 1 unspecified atom stereocenters. The van der Waals surface area contributed by atoms with E-state index >= 15 is 0 Å². The minimum absolute atomic E-state index is 0.0613. The molecule has 0 spiro atoms. The summed E-state index contributed by atoms with van der Waals surface area (Å²) in [6.45, 7) is 1.53. The minimum Gasteiger partial charge on any atom is -0.299 e. The molecule has 0 amide bonds. The van der Waals surface area contributed by atoms with Gasteiger partial charge in [0.2, 0.25) is 0 Å². The van der Waals surface area contributed by atoms with Crippen molar-refractivity contribution in [3.8, 4) is 0 Å². The van der Waals surface area contributed by atoms with E-state index in [-0.39, 0.29) is 30.2 Å². The Labute approximate surface area is 72.4 Å². The van der Waals surface area contributed by atoms with Crippen LogP contribution < -0.4 is 0 Å². The maximum atomic E-state index is 11.2. The fraction of sp³-hybridized carbons (Fsp3) is 0.500. The van der Waals surface area contributed by atoms with E-state index in [9.17, 15) is 14.4 Å². The third-order valence-electron chi connectivity index (χ3n) is 1.92. The van der Waals surface area contributed by atoms with Crippen molar-refractivity contribution in [1.82, 2.24) is 0 Å².